The Kier molecular flexibility index (Phi) is 6.44. The predicted molar refractivity (Wildman–Crippen MR) is 242 cm³/mol. The van der Waals surface area contributed by atoms with Gasteiger partial charge in [0.1, 0.15) is 0 Å². The molecule has 9 aromatic carbocycles. The van der Waals surface area contributed by atoms with Crippen LogP contribution in [-0.4, -0.2) is 0 Å². The summed E-state index contributed by atoms with van der Waals surface area (Å²) in [4.78, 5) is 4.99. The molecule has 0 N–H and O–H groups in total. The molecule has 0 fully saturated rings. The molecule has 3 nitrogen and oxygen atoms in total. The second-order valence-corrected chi connectivity index (χ2v) is 16.8. The molecule has 59 heavy (non-hydrogen) atoms. The van der Waals surface area contributed by atoms with Crippen LogP contribution in [0.3, 0.4) is 0 Å². The maximum Gasteiger partial charge on any atom is 0.152 e. The monoisotopic (exact) mass is 754 g/mol. The fourth-order valence-corrected chi connectivity index (χ4v) is 11.3. The minimum Gasteiger partial charge on any atom is -0.453 e. The normalized spacial score (nSPS) is 15.0. The van der Waals surface area contributed by atoms with Crippen LogP contribution in [0.4, 0.5) is 34.1 Å². The molecule has 2 heterocycles. The van der Waals surface area contributed by atoms with Gasteiger partial charge < -0.3 is 14.5 Å². The number of hydrogen-bond acceptors (Lipinski definition) is 3. The summed E-state index contributed by atoms with van der Waals surface area (Å²) in [7, 11) is 0. The first-order valence-electron chi connectivity index (χ1n) is 20.6. The second kappa shape index (κ2) is 11.6. The van der Waals surface area contributed by atoms with Gasteiger partial charge in [0.25, 0.3) is 0 Å². The minimum absolute atomic E-state index is 0.385. The molecule has 2 aliphatic carbocycles. The zero-order valence-corrected chi connectivity index (χ0v) is 32.8. The smallest absolute Gasteiger partial charge is 0.152 e. The Morgan fingerprint density at radius 1 is 0.441 bits per heavy atom. The summed E-state index contributed by atoms with van der Waals surface area (Å²) in [5.74, 6) is 1.75. The number of hydrogen-bond donors (Lipinski definition) is 0. The van der Waals surface area contributed by atoms with Gasteiger partial charge in [-0.2, -0.15) is 0 Å². The number of para-hydroxylation sites is 2. The van der Waals surface area contributed by atoms with E-state index >= 15 is 0 Å². The third-order valence-corrected chi connectivity index (χ3v) is 13.6. The van der Waals surface area contributed by atoms with Crippen LogP contribution in [0.2, 0.25) is 0 Å². The van der Waals surface area contributed by atoms with Crippen LogP contribution in [0.25, 0.3) is 33.0 Å². The molecule has 0 atom stereocenters. The highest BCUT2D eigenvalue weighted by molar-refractivity contribution is 6.07. The van der Waals surface area contributed by atoms with Gasteiger partial charge in [-0.25, -0.2) is 0 Å². The van der Waals surface area contributed by atoms with Crippen LogP contribution in [0.5, 0.6) is 11.5 Å². The van der Waals surface area contributed by atoms with Gasteiger partial charge in [-0.05, 0) is 104 Å². The molecule has 2 aliphatic heterocycles. The van der Waals surface area contributed by atoms with Crippen molar-refractivity contribution in [3.8, 4) is 33.8 Å². The number of benzene rings is 9. The Bertz CT molecular complexity index is 3190. The number of fused-ring (bicyclic) bond motifs is 16. The average Bonchev–Trinajstić information content (AvgIpc) is 3.75. The lowest BCUT2D eigenvalue weighted by molar-refractivity contribution is 0.472. The van der Waals surface area contributed by atoms with Crippen molar-refractivity contribution in [3.05, 3.63) is 228 Å². The summed E-state index contributed by atoms with van der Waals surface area (Å²) in [6.07, 6.45) is 0. The average molecular weight is 755 g/mol. The van der Waals surface area contributed by atoms with Gasteiger partial charge in [-0.15, -0.1) is 0 Å². The van der Waals surface area contributed by atoms with Gasteiger partial charge in [-0.1, -0.05) is 159 Å². The molecular formula is C56H38N2O. The predicted octanol–water partition coefficient (Wildman–Crippen LogP) is 14.9. The van der Waals surface area contributed by atoms with E-state index in [0.717, 1.165) is 45.6 Å². The molecule has 0 saturated heterocycles. The molecule has 0 radical (unpaired) electrons. The molecule has 0 aromatic heterocycles. The molecule has 0 unspecified atom stereocenters. The molecule has 0 amide bonds. The van der Waals surface area contributed by atoms with Crippen LogP contribution in [0, 0.1) is 0 Å². The van der Waals surface area contributed by atoms with Gasteiger partial charge in [0.15, 0.2) is 11.5 Å². The molecule has 0 saturated carbocycles. The van der Waals surface area contributed by atoms with E-state index in [1.54, 1.807) is 0 Å². The van der Waals surface area contributed by atoms with Crippen molar-refractivity contribution < 1.29 is 4.74 Å². The maximum absolute atomic E-state index is 6.77. The van der Waals surface area contributed by atoms with Gasteiger partial charge in [0.05, 0.1) is 28.2 Å². The lowest BCUT2D eigenvalue weighted by Gasteiger charge is -2.47. The van der Waals surface area contributed by atoms with Gasteiger partial charge in [-0.3, -0.25) is 0 Å². The van der Waals surface area contributed by atoms with Gasteiger partial charge >= 0.3 is 0 Å². The first-order chi connectivity index (χ1) is 29.0. The van der Waals surface area contributed by atoms with Crippen LogP contribution < -0.4 is 14.5 Å². The highest BCUT2D eigenvalue weighted by Gasteiger charge is 2.52. The zero-order chi connectivity index (χ0) is 39.0. The lowest BCUT2D eigenvalue weighted by Crippen LogP contribution is -2.34. The first-order valence-corrected chi connectivity index (χ1v) is 20.6. The van der Waals surface area contributed by atoms with Crippen molar-refractivity contribution in [2.75, 3.05) is 9.80 Å². The summed E-state index contributed by atoms with van der Waals surface area (Å²) in [6, 6.07) is 71.7. The van der Waals surface area contributed by atoms with E-state index in [0.29, 0.717) is 0 Å². The molecule has 0 bridgehead atoms. The van der Waals surface area contributed by atoms with E-state index in [2.05, 4.69) is 218 Å². The summed E-state index contributed by atoms with van der Waals surface area (Å²) in [5, 5.41) is 2.36. The molecule has 278 valence electrons. The number of anilines is 6. The Morgan fingerprint density at radius 2 is 1.03 bits per heavy atom. The first kappa shape index (κ1) is 32.7. The van der Waals surface area contributed by atoms with Crippen LogP contribution in [0.1, 0.15) is 47.2 Å². The molecule has 3 heteroatoms. The van der Waals surface area contributed by atoms with Crippen LogP contribution in [-0.2, 0) is 10.8 Å². The van der Waals surface area contributed by atoms with Crippen molar-refractivity contribution >= 4 is 44.9 Å². The number of ether oxygens (including phenoxy) is 1. The molecular weight excluding hydrogens is 717 g/mol. The van der Waals surface area contributed by atoms with Gasteiger partial charge in [0, 0.05) is 27.7 Å². The molecule has 1 spiro atoms. The Balaban J connectivity index is 1.10. The Morgan fingerprint density at radius 3 is 1.76 bits per heavy atom. The zero-order valence-electron chi connectivity index (χ0n) is 32.8. The molecule has 13 rings (SSSR count). The standard InChI is InChI=1S/C56H38N2O/c1-55(2)46-26-14-29-50-54(46)58(53-38-19-7-6-16-35(38)30-33-51(53)59-50)49-28-15-27-48(52(49)55)57(36-17-4-3-5-18-36)37-31-32-42-41-22-10-13-25-45(41)56(47(42)34-37)43-23-11-8-20-39(43)40-21-9-12-24-44(40)56/h3-34H,1-2H3. The quantitative estimate of drug-likeness (QED) is 0.179. The van der Waals surface area contributed by atoms with Crippen molar-refractivity contribution in [2.45, 2.75) is 24.7 Å². The van der Waals surface area contributed by atoms with Crippen molar-refractivity contribution in [3.63, 3.8) is 0 Å². The third kappa shape index (κ3) is 4.11. The minimum atomic E-state index is -0.444. The molecule has 9 aromatic rings. The Hall–Kier alpha value is -7.36. The van der Waals surface area contributed by atoms with E-state index in [4.69, 9.17) is 4.74 Å². The highest BCUT2D eigenvalue weighted by Crippen LogP contribution is 2.65. The fraction of sp³-hybridized carbons (Fsp3) is 0.0714. The summed E-state index contributed by atoms with van der Waals surface area (Å²) < 4.78 is 6.77. The van der Waals surface area contributed by atoms with Crippen molar-refractivity contribution in [1.29, 1.82) is 0 Å². The lowest BCUT2D eigenvalue weighted by atomic mass is 9.70. The Labute approximate surface area is 344 Å². The SMILES string of the molecule is CC1(C)c2cccc3c2N(c2cccc(N(c4ccccc4)c4ccc5c(c4)C4(c6ccccc6-c6ccccc64)c4ccccc4-5)c21)c1c(ccc2ccccc12)O3. The second-order valence-electron chi connectivity index (χ2n) is 16.8. The fourth-order valence-electron chi connectivity index (χ4n) is 11.3. The summed E-state index contributed by atoms with van der Waals surface area (Å²) >= 11 is 0. The largest absolute Gasteiger partial charge is 0.453 e. The van der Waals surface area contributed by atoms with E-state index in [9.17, 15) is 0 Å². The summed E-state index contributed by atoms with van der Waals surface area (Å²) in [5.41, 5.74) is 19.0. The number of nitrogens with zero attached hydrogens (tertiary/aromatic N) is 2. The van der Waals surface area contributed by atoms with E-state index < -0.39 is 5.41 Å². The third-order valence-electron chi connectivity index (χ3n) is 13.6. The van der Waals surface area contributed by atoms with E-state index in [-0.39, 0.29) is 5.41 Å². The topological polar surface area (TPSA) is 15.7 Å². The molecule has 4 aliphatic rings. The van der Waals surface area contributed by atoms with Crippen LogP contribution >= 0.6 is 0 Å². The van der Waals surface area contributed by atoms with Crippen LogP contribution in [0.15, 0.2) is 194 Å². The maximum atomic E-state index is 6.77. The van der Waals surface area contributed by atoms with Crippen molar-refractivity contribution in [1.82, 2.24) is 0 Å². The van der Waals surface area contributed by atoms with Crippen molar-refractivity contribution in [2.24, 2.45) is 0 Å². The van der Waals surface area contributed by atoms with E-state index in [1.165, 1.54) is 66.4 Å². The summed E-state index contributed by atoms with van der Waals surface area (Å²) in [6.45, 7) is 4.76. The highest BCUT2D eigenvalue weighted by atomic mass is 16.5. The number of rotatable bonds is 3. The van der Waals surface area contributed by atoms with Gasteiger partial charge in [0.2, 0.25) is 0 Å². The van der Waals surface area contributed by atoms with E-state index in [1.807, 2.05) is 0 Å².